The summed E-state index contributed by atoms with van der Waals surface area (Å²) in [5, 5.41) is 4.20. The summed E-state index contributed by atoms with van der Waals surface area (Å²) in [5.74, 6) is 1.29. The molecule has 5 nitrogen and oxygen atoms in total. The molecule has 5 heteroatoms. The van der Waals surface area contributed by atoms with Crippen LogP contribution in [0.5, 0.6) is 5.75 Å². The molecule has 1 heterocycles. The van der Waals surface area contributed by atoms with Gasteiger partial charge in [0.2, 0.25) is 5.95 Å². The molecule has 2 aromatic carbocycles. The zero-order valence-electron chi connectivity index (χ0n) is 13.6. The van der Waals surface area contributed by atoms with E-state index in [4.69, 9.17) is 4.74 Å². The zero-order chi connectivity index (χ0) is 16.8. The summed E-state index contributed by atoms with van der Waals surface area (Å²) in [4.78, 5) is 8.87. The first kappa shape index (κ1) is 15.7. The van der Waals surface area contributed by atoms with Gasteiger partial charge in [-0.2, -0.15) is 5.10 Å². The summed E-state index contributed by atoms with van der Waals surface area (Å²) >= 11 is 0. The van der Waals surface area contributed by atoms with E-state index in [0.717, 1.165) is 28.3 Å². The number of benzene rings is 2. The van der Waals surface area contributed by atoms with Gasteiger partial charge < -0.3 is 4.74 Å². The maximum absolute atomic E-state index is 5.13. The summed E-state index contributed by atoms with van der Waals surface area (Å²) < 4.78 is 5.13. The maximum atomic E-state index is 5.13. The topological polar surface area (TPSA) is 59.4 Å². The second-order valence-corrected chi connectivity index (χ2v) is 5.23. The average Bonchev–Trinajstić information content (AvgIpc) is 2.63. The summed E-state index contributed by atoms with van der Waals surface area (Å²) in [6.07, 6.45) is 1.72. The first-order chi connectivity index (χ1) is 11.7. The smallest absolute Gasteiger partial charge is 0.244 e. The van der Waals surface area contributed by atoms with Crippen molar-refractivity contribution in [1.82, 2.24) is 9.97 Å². The third kappa shape index (κ3) is 3.95. The first-order valence-electron chi connectivity index (χ1n) is 7.59. The Bertz CT molecular complexity index is 830. The Kier molecular flexibility index (Phi) is 4.81. The number of hydrogen-bond donors (Lipinski definition) is 1. The Balaban J connectivity index is 1.75. The van der Waals surface area contributed by atoms with Crippen molar-refractivity contribution in [3.8, 4) is 17.0 Å². The standard InChI is InChI=1S/C19H18N4O/c1-14-12-18(16-6-4-3-5-7-16)22-19(21-14)23-20-13-15-8-10-17(24-2)11-9-15/h3-13H,1-2H3,(H,21,22,23)/b20-13-. The van der Waals surface area contributed by atoms with Crippen LogP contribution in [0.2, 0.25) is 0 Å². The van der Waals surface area contributed by atoms with Crippen LogP contribution in [0.4, 0.5) is 5.95 Å². The number of anilines is 1. The largest absolute Gasteiger partial charge is 0.497 e. The lowest BCUT2D eigenvalue weighted by atomic mass is 10.1. The van der Waals surface area contributed by atoms with Gasteiger partial charge in [0, 0.05) is 11.3 Å². The monoisotopic (exact) mass is 318 g/mol. The van der Waals surface area contributed by atoms with Crippen molar-refractivity contribution in [1.29, 1.82) is 0 Å². The number of hydrogen-bond acceptors (Lipinski definition) is 5. The molecule has 0 aliphatic carbocycles. The molecule has 1 aromatic heterocycles. The highest BCUT2D eigenvalue weighted by molar-refractivity contribution is 5.80. The van der Waals surface area contributed by atoms with E-state index < -0.39 is 0 Å². The van der Waals surface area contributed by atoms with Crippen molar-refractivity contribution in [3.05, 3.63) is 71.9 Å². The van der Waals surface area contributed by atoms with Crippen LogP contribution in [-0.4, -0.2) is 23.3 Å². The van der Waals surface area contributed by atoms with Crippen LogP contribution >= 0.6 is 0 Å². The number of hydrazone groups is 1. The fourth-order valence-corrected chi connectivity index (χ4v) is 2.23. The molecular formula is C19H18N4O. The fraction of sp³-hybridized carbons (Fsp3) is 0.105. The lowest BCUT2D eigenvalue weighted by Gasteiger charge is -2.05. The predicted molar refractivity (Wildman–Crippen MR) is 96.4 cm³/mol. The fourth-order valence-electron chi connectivity index (χ4n) is 2.23. The van der Waals surface area contributed by atoms with Gasteiger partial charge in [-0.1, -0.05) is 30.3 Å². The van der Waals surface area contributed by atoms with E-state index >= 15 is 0 Å². The van der Waals surface area contributed by atoms with Crippen LogP contribution in [0.25, 0.3) is 11.3 Å². The highest BCUT2D eigenvalue weighted by Crippen LogP contribution is 2.18. The molecular weight excluding hydrogens is 300 g/mol. The lowest BCUT2D eigenvalue weighted by Crippen LogP contribution is -2.00. The summed E-state index contributed by atoms with van der Waals surface area (Å²) in [5.41, 5.74) is 6.64. The molecule has 3 rings (SSSR count). The van der Waals surface area contributed by atoms with Crippen molar-refractivity contribution < 1.29 is 4.74 Å². The number of methoxy groups -OCH3 is 1. The molecule has 0 aliphatic rings. The summed E-state index contributed by atoms with van der Waals surface area (Å²) in [7, 11) is 1.64. The molecule has 24 heavy (non-hydrogen) atoms. The van der Waals surface area contributed by atoms with Gasteiger partial charge in [0.25, 0.3) is 0 Å². The van der Waals surface area contributed by atoms with Crippen LogP contribution < -0.4 is 10.2 Å². The molecule has 120 valence electrons. The normalized spacial score (nSPS) is 10.8. The van der Waals surface area contributed by atoms with Crippen molar-refractivity contribution in [2.75, 3.05) is 12.5 Å². The van der Waals surface area contributed by atoms with Gasteiger partial charge in [-0.05, 0) is 42.8 Å². The van der Waals surface area contributed by atoms with E-state index in [2.05, 4.69) is 20.5 Å². The highest BCUT2D eigenvalue weighted by Gasteiger charge is 2.03. The Hall–Kier alpha value is -3.21. The third-order valence-electron chi connectivity index (χ3n) is 3.42. The first-order valence-corrected chi connectivity index (χ1v) is 7.59. The zero-order valence-corrected chi connectivity index (χ0v) is 13.6. The Morgan fingerprint density at radius 2 is 1.75 bits per heavy atom. The summed E-state index contributed by atoms with van der Waals surface area (Å²) in [6, 6.07) is 19.6. The summed E-state index contributed by atoms with van der Waals surface area (Å²) in [6.45, 7) is 1.94. The van der Waals surface area contributed by atoms with Crippen molar-refractivity contribution in [2.45, 2.75) is 6.92 Å². The second kappa shape index (κ2) is 7.37. The van der Waals surface area contributed by atoms with Gasteiger partial charge in [-0.15, -0.1) is 0 Å². The second-order valence-electron chi connectivity index (χ2n) is 5.23. The number of nitrogens with zero attached hydrogens (tertiary/aromatic N) is 3. The molecule has 0 radical (unpaired) electrons. The van der Waals surface area contributed by atoms with Gasteiger partial charge in [0.1, 0.15) is 5.75 Å². The van der Waals surface area contributed by atoms with Gasteiger partial charge in [0.15, 0.2) is 0 Å². The van der Waals surface area contributed by atoms with Crippen molar-refractivity contribution in [3.63, 3.8) is 0 Å². The van der Waals surface area contributed by atoms with Crippen LogP contribution in [-0.2, 0) is 0 Å². The molecule has 0 saturated heterocycles. The highest BCUT2D eigenvalue weighted by atomic mass is 16.5. The number of nitrogens with one attached hydrogen (secondary N) is 1. The third-order valence-corrected chi connectivity index (χ3v) is 3.42. The van der Waals surface area contributed by atoms with E-state index in [1.807, 2.05) is 67.6 Å². The number of rotatable bonds is 5. The number of aryl methyl sites for hydroxylation is 1. The molecule has 0 fully saturated rings. The number of ether oxygens (including phenoxy) is 1. The maximum Gasteiger partial charge on any atom is 0.244 e. The van der Waals surface area contributed by atoms with Gasteiger partial charge in [0.05, 0.1) is 19.0 Å². The number of aromatic nitrogens is 2. The molecule has 0 aliphatic heterocycles. The molecule has 0 saturated carbocycles. The molecule has 0 amide bonds. The van der Waals surface area contributed by atoms with Crippen LogP contribution in [0.3, 0.4) is 0 Å². The average molecular weight is 318 g/mol. The minimum Gasteiger partial charge on any atom is -0.497 e. The van der Waals surface area contributed by atoms with Crippen molar-refractivity contribution in [2.24, 2.45) is 5.10 Å². The van der Waals surface area contributed by atoms with Gasteiger partial charge in [-0.3, -0.25) is 0 Å². The Morgan fingerprint density at radius 1 is 1.00 bits per heavy atom. The minimum atomic E-state index is 0.471. The molecule has 1 N–H and O–H groups in total. The van der Waals surface area contributed by atoms with Crippen LogP contribution in [0.15, 0.2) is 65.8 Å². The molecule has 0 spiro atoms. The Labute approximate surface area is 141 Å². The molecule has 3 aromatic rings. The predicted octanol–water partition coefficient (Wildman–Crippen LogP) is 3.91. The van der Waals surface area contributed by atoms with E-state index in [9.17, 15) is 0 Å². The Morgan fingerprint density at radius 3 is 2.46 bits per heavy atom. The lowest BCUT2D eigenvalue weighted by molar-refractivity contribution is 0.415. The van der Waals surface area contributed by atoms with Gasteiger partial charge >= 0.3 is 0 Å². The molecule has 0 unspecified atom stereocenters. The van der Waals surface area contributed by atoms with E-state index in [1.165, 1.54) is 0 Å². The van der Waals surface area contributed by atoms with E-state index in [-0.39, 0.29) is 0 Å². The quantitative estimate of drug-likeness (QED) is 0.572. The van der Waals surface area contributed by atoms with Crippen molar-refractivity contribution >= 4 is 12.2 Å². The SMILES string of the molecule is COc1ccc(/C=N\Nc2nc(C)cc(-c3ccccc3)n2)cc1. The molecule has 0 bridgehead atoms. The molecule has 0 atom stereocenters. The van der Waals surface area contributed by atoms with Crippen LogP contribution in [0.1, 0.15) is 11.3 Å². The van der Waals surface area contributed by atoms with E-state index in [0.29, 0.717) is 5.95 Å². The minimum absolute atomic E-state index is 0.471. The van der Waals surface area contributed by atoms with Gasteiger partial charge in [-0.25, -0.2) is 15.4 Å². The van der Waals surface area contributed by atoms with Crippen LogP contribution in [0, 0.1) is 6.92 Å². The van der Waals surface area contributed by atoms with E-state index in [1.54, 1.807) is 13.3 Å².